The lowest BCUT2D eigenvalue weighted by atomic mass is 10.1. The van der Waals surface area contributed by atoms with E-state index in [0.717, 1.165) is 24.1 Å². The highest BCUT2D eigenvalue weighted by Gasteiger charge is 2.32. The highest BCUT2D eigenvalue weighted by Crippen LogP contribution is 2.35. The van der Waals surface area contributed by atoms with E-state index in [0.29, 0.717) is 30.8 Å². The Morgan fingerprint density at radius 2 is 2.00 bits per heavy atom. The minimum atomic E-state index is -4.68. The fraction of sp³-hybridized carbons (Fsp3) is 0.286. The summed E-state index contributed by atoms with van der Waals surface area (Å²) < 4.78 is 46.8. The molecule has 0 bridgehead atoms. The van der Waals surface area contributed by atoms with E-state index in [4.69, 9.17) is 4.74 Å². The third-order valence-corrected chi connectivity index (χ3v) is 6.87. The minimum Gasteiger partial charge on any atom is -0.491 e. The predicted molar refractivity (Wildman–Crippen MR) is 140 cm³/mol. The molecule has 1 unspecified atom stereocenters. The van der Waals surface area contributed by atoms with Crippen LogP contribution in [-0.2, 0) is 17.5 Å². The molecule has 1 aromatic heterocycles. The number of anilines is 3. The zero-order chi connectivity index (χ0) is 28.4. The molecule has 0 saturated carbocycles. The van der Waals surface area contributed by atoms with E-state index in [-0.39, 0.29) is 47.3 Å². The molecule has 2 aliphatic rings. The summed E-state index contributed by atoms with van der Waals surface area (Å²) in [5.74, 6) is -0.931. The fourth-order valence-corrected chi connectivity index (χ4v) is 4.92. The maximum absolute atomic E-state index is 13.7. The molecule has 0 spiro atoms. The SMILES string of the molecule is CC(=O)N1CCCC1COc1cc(NC(=O)c2cccnc2Nc2cccc3c2CNC3=O)cc(C(F)(F)F)c1. The van der Waals surface area contributed by atoms with Crippen molar-refractivity contribution >= 4 is 34.9 Å². The number of ether oxygens (including phenoxy) is 1. The summed E-state index contributed by atoms with van der Waals surface area (Å²) in [7, 11) is 0. The van der Waals surface area contributed by atoms with Crippen LogP contribution >= 0.6 is 0 Å². The van der Waals surface area contributed by atoms with Gasteiger partial charge >= 0.3 is 6.18 Å². The first-order valence-electron chi connectivity index (χ1n) is 12.7. The second kappa shape index (κ2) is 10.9. The molecule has 2 aromatic carbocycles. The summed E-state index contributed by atoms with van der Waals surface area (Å²) in [6, 6.07) is 10.9. The number of hydrogen-bond donors (Lipinski definition) is 3. The van der Waals surface area contributed by atoms with Gasteiger partial charge in [0.25, 0.3) is 11.8 Å². The molecule has 12 heteroatoms. The van der Waals surface area contributed by atoms with Gasteiger partial charge in [-0.1, -0.05) is 6.07 Å². The topological polar surface area (TPSA) is 113 Å². The van der Waals surface area contributed by atoms with Gasteiger partial charge in [-0.15, -0.1) is 0 Å². The third kappa shape index (κ3) is 5.70. The van der Waals surface area contributed by atoms with E-state index in [1.54, 1.807) is 23.1 Å². The molecule has 1 atom stereocenters. The van der Waals surface area contributed by atoms with Crippen molar-refractivity contribution < 1.29 is 32.3 Å². The Morgan fingerprint density at radius 3 is 2.77 bits per heavy atom. The predicted octanol–water partition coefficient (Wildman–Crippen LogP) is 4.73. The van der Waals surface area contributed by atoms with Crippen LogP contribution in [0.2, 0.25) is 0 Å². The Kier molecular flexibility index (Phi) is 7.33. The first-order valence-corrected chi connectivity index (χ1v) is 12.7. The van der Waals surface area contributed by atoms with Crippen LogP contribution in [0.3, 0.4) is 0 Å². The van der Waals surface area contributed by atoms with Crippen molar-refractivity contribution in [2.75, 3.05) is 23.8 Å². The second-order valence-electron chi connectivity index (χ2n) is 9.56. The van der Waals surface area contributed by atoms with E-state index in [2.05, 4.69) is 20.9 Å². The van der Waals surface area contributed by atoms with Crippen molar-refractivity contribution in [2.45, 2.75) is 38.5 Å². The second-order valence-corrected chi connectivity index (χ2v) is 9.56. The van der Waals surface area contributed by atoms with Gasteiger partial charge in [-0.3, -0.25) is 14.4 Å². The molecule has 3 N–H and O–H groups in total. The molecule has 40 heavy (non-hydrogen) atoms. The third-order valence-electron chi connectivity index (χ3n) is 6.87. The molecule has 5 rings (SSSR count). The van der Waals surface area contributed by atoms with E-state index in [1.165, 1.54) is 31.3 Å². The summed E-state index contributed by atoms with van der Waals surface area (Å²) in [5, 5.41) is 8.33. The quantitative estimate of drug-likeness (QED) is 0.390. The van der Waals surface area contributed by atoms with Gasteiger partial charge in [0.1, 0.15) is 18.2 Å². The Hall–Kier alpha value is -4.61. The Morgan fingerprint density at radius 1 is 1.18 bits per heavy atom. The molecule has 3 amide bonds. The van der Waals surface area contributed by atoms with E-state index >= 15 is 0 Å². The lowest BCUT2D eigenvalue weighted by molar-refractivity contribution is -0.137. The van der Waals surface area contributed by atoms with Crippen LogP contribution in [0.15, 0.2) is 54.7 Å². The van der Waals surface area contributed by atoms with Crippen LogP contribution in [0.5, 0.6) is 5.75 Å². The Balaban J connectivity index is 1.37. The molecule has 208 valence electrons. The minimum absolute atomic E-state index is 0.0315. The van der Waals surface area contributed by atoms with E-state index < -0.39 is 17.6 Å². The van der Waals surface area contributed by atoms with Gasteiger partial charge in [-0.2, -0.15) is 13.2 Å². The number of nitrogens with one attached hydrogen (secondary N) is 3. The van der Waals surface area contributed by atoms with Crippen LogP contribution in [0.4, 0.5) is 30.4 Å². The van der Waals surface area contributed by atoms with Gasteiger partial charge in [0.2, 0.25) is 5.91 Å². The monoisotopic (exact) mass is 553 g/mol. The van der Waals surface area contributed by atoms with Crippen LogP contribution in [0.1, 0.15) is 51.6 Å². The number of aromatic nitrogens is 1. The number of pyridine rings is 1. The standard InChI is InChI=1S/C28H26F3N5O4/c1-16(37)36-10-4-5-19(36)15-40-20-12-17(28(29,30)31)11-18(13-20)34-27(39)22-7-3-9-32-25(22)35-24-8-2-6-21-23(24)14-33-26(21)38/h2-3,6-9,11-13,19H,4-5,10,14-15H2,1H3,(H,32,35)(H,33,38)(H,34,39). The smallest absolute Gasteiger partial charge is 0.416 e. The normalized spacial score (nSPS) is 16.4. The number of nitrogens with zero attached hydrogens (tertiary/aromatic N) is 2. The number of halogens is 3. The van der Waals surface area contributed by atoms with Crippen LogP contribution in [0.25, 0.3) is 0 Å². The number of amides is 3. The van der Waals surface area contributed by atoms with Crippen molar-refractivity contribution in [2.24, 2.45) is 0 Å². The first-order chi connectivity index (χ1) is 19.1. The molecular formula is C28H26F3N5O4. The number of likely N-dealkylation sites (tertiary alicyclic amines) is 1. The summed E-state index contributed by atoms with van der Waals surface area (Å²) in [6.07, 6.45) is -1.74. The molecule has 9 nitrogen and oxygen atoms in total. The average Bonchev–Trinajstić information content (AvgIpc) is 3.55. The maximum Gasteiger partial charge on any atom is 0.416 e. The van der Waals surface area contributed by atoms with Crippen molar-refractivity contribution in [3.63, 3.8) is 0 Å². The van der Waals surface area contributed by atoms with Crippen LogP contribution in [-0.4, -0.2) is 46.8 Å². The molecule has 2 aliphatic heterocycles. The molecule has 1 fully saturated rings. The van der Waals surface area contributed by atoms with Crippen LogP contribution in [0, 0.1) is 0 Å². The number of carbonyl (C=O) groups is 3. The largest absolute Gasteiger partial charge is 0.491 e. The molecule has 1 saturated heterocycles. The number of carbonyl (C=O) groups excluding carboxylic acids is 3. The van der Waals surface area contributed by atoms with Crippen molar-refractivity contribution in [3.05, 3.63) is 77.0 Å². The summed E-state index contributed by atoms with van der Waals surface area (Å²) in [4.78, 5) is 43.0. The number of rotatable bonds is 7. The van der Waals surface area contributed by atoms with Crippen molar-refractivity contribution in [1.82, 2.24) is 15.2 Å². The van der Waals surface area contributed by atoms with E-state index in [1.807, 2.05) is 0 Å². The summed E-state index contributed by atoms with van der Waals surface area (Å²) in [6.45, 7) is 2.36. The van der Waals surface area contributed by atoms with Gasteiger partial charge in [-0.05, 0) is 49.2 Å². The molecule has 3 aromatic rings. The van der Waals surface area contributed by atoms with Gasteiger partial charge in [0.05, 0.1) is 17.2 Å². The Labute approximate surface area is 227 Å². The number of fused-ring (bicyclic) bond motifs is 1. The lowest BCUT2D eigenvalue weighted by Gasteiger charge is -2.23. The summed E-state index contributed by atoms with van der Waals surface area (Å²) in [5.41, 5.74) is 0.777. The zero-order valence-corrected chi connectivity index (χ0v) is 21.5. The summed E-state index contributed by atoms with van der Waals surface area (Å²) >= 11 is 0. The van der Waals surface area contributed by atoms with Crippen LogP contribution < -0.4 is 20.7 Å². The zero-order valence-electron chi connectivity index (χ0n) is 21.5. The molecule has 0 radical (unpaired) electrons. The van der Waals surface area contributed by atoms with Gasteiger partial charge in [-0.25, -0.2) is 4.98 Å². The highest BCUT2D eigenvalue weighted by atomic mass is 19.4. The number of hydrogen-bond acceptors (Lipinski definition) is 6. The van der Waals surface area contributed by atoms with Crippen molar-refractivity contribution in [3.8, 4) is 5.75 Å². The fourth-order valence-electron chi connectivity index (χ4n) is 4.92. The maximum atomic E-state index is 13.7. The average molecular weight is 554 g/mol. The molecule has 3 heterocycles. The molecule has 0 aliphatic carbocycles. The molecular weight excluding hydrogens is 527 g/mol. The van der Waals surface area contributed by atoms with Gasteiger partial charge in [0, 0.05) is 54.8 Å². The van der Waals surface area contributed by atoms with Gasteiger partial charge < -0.3 is 25.6 Å². The highest BCUT2D eigenvalue weighted by molar-refractivity contribution is 6.08. The van der Waals surface area contributed by atoms with E-state index in [9.17, 15) is 27.6 Å². The van der Waals surface area contributed by atoms with Gasteiger partial charge in [0.15, 0.2) is 0 Å². The lowest BCUT2D eigenvalue weighted by Crippen LogP contribution is -2.37. The number of alkyl halides is 3. The number of benzene rings is 2. The van der Waals surface area contributed by atoms with Crippen molar-refractivity contribution in [1.29, 1.82) is 0 Å². The first kappa shape index (κ1) is 27.0. The Bertz CT molecular complexity index is 1480.